The lowest BCUT2D eigenvalue weighted by Crippen LogP contribution is -2.24. The number of para-hydroxylation sites is 1. The fourth-order valence-electron chi connectivity index (χ4n) is 2.25. The maximum atomic E-state index is 11.7. The number of aromatic carboxylic acids is 1. The number of halogens is 1. The van der Waals surface area contributed by atoms with Crippen molar-refractivity contribution in [2.45, 2.75) is 0 Å². The third-order valence-corrected chi connectivity index (χ3v) is 3.82. The van der Waals surface area contributed by atoms with Crippen molar-refractivity contribution in [3.63, 3.8) is 0 Å². The van der Waals surface area contributed by atoms with E-state index in [9.17, 15) is 9.59 Å². The van der Waals surface area contributed by atoms with Gasteiger partial charge in [-0.2, -0.15) is 5.10 Å². The average Bonchev–Trinajstić information content (AvgIpc) is 3.11. The molecule has 2 aromatic carbocycles. The van der Waals surface area contributed by atoms with Crippen LogP contribution in [0.1, 0.15) is 16.1 Å². The molecule has 3 aromatic rings. The number of hydrogen-bond acceptors (Lipinski definition) is 4. The predicted octanol–water partition coefficient (Wildman–Crippen LogP) is 4.45. The van der Waals surface area contributed by atoms with E-state index in [0.717, 1.165) is 0 Å². The van der Waals surface area contributed by atoms with E-state index >= 15 is 0 Å². The molecule has 2 amide bonds. The van der Waals surface area contributed by atoms with Crippen LogP contribution in [0.25, 0.3) is 11.3 Å². The second-order valence-corrected chi connectivity index (χ2v) is 5.80. The summed E-state index contributed by atoms with van der Waals surface area (Å²) in [7, 11) is 0. The molecule has 136 valence electrons. The van der Waals surface area contributed by atoms with Gasteiger partial charge < -0.3 is 14.8 Å². The molecule has 0 aliphatic carbocycles. The number of hydrogen-bond donors (Lipinski definition) is 3. The summed E-state index contributed by atoms with van der Waals surface area (Å²) in [6.07, 6.45) is 1.32. The number of nitrogens with one attached hydrogen (secondary N) is 2. The quantitative estimate of drug-likeness (QED) is 0.447. The topological polar surface area (TPSA) is 104 Å². The first kappa shape index (κ1) is 18.2. The molecule has 7 nitrogen and oxygen atoms in total. The van der Waals surface area contributed by atoms with Crippen LogP contribution in [0, 0.1) is 0 Å². The predicted molar refractivity (Wildman–Crippen MR) is 102 cm³/mol. The fourth-order valence-corrected chi connectivity index (χ4v) is 2.46. The molecule has 0 aliphatic heterocycles. The van der Waals surface area contributed by atoms with Crippen LogP contribution in [0.15, 0.2) is 70.2 Å². The second kappa shape index (κ2) is 8.20. The number of furan rings is 1. The van der Waals surface area contributed by atoms with Crippen LogP contribution in [0.4, 0.5) is 10.5 Å². The van der Waals surface area contributed by atoms with Crippen molar-refractivity contribution in [2.75, 3.05) is 5.32 Å². The highest BCUT2D eigenvalue weighted by Gasteiger charge is 2.12. The van der Waals surface area contributed by atoms with Crippen LogP contribution in [0.5, 0.6) is 0 Å². The van der Waals surface area contributed by atoms with Crippen LogP contribution in [-0.2, 0) is 0 Å². The lowest BCUT2D eigenvalue weighted by atomic mass is 10.1. The van der Waals surface area contributed by atoms with E-state index in [-0.39, 0.29) is 5.56 Å². The summed E-state index contributed by atoms with van der Waals surface area (Å²) in [5, 5.41) is 15.9. The summed E-state index contributed by atoms with van der Waals surface area (Å²) < 4.78 is 5.59. The molecule has 3 N–H and O–H groups in total. The van der Waals surface area contributed by atoms with Gasteiger partial charge in [-0.15, -0.1) is 0 Å². The van der Waals surface area contributed by atoms with Gasteiger partial charge in [0.2, 0.25) is 0 Å². The van der Waals surface area contributed by atoms with Crippen molar-refractivity contribution in [1.82, 2.24) is 5.43 Å². The first-order valence-corrected chi connectivity index (χ1v) is 8.19. The Morgan fingerprint density at radius 2 is 1.85 bits per heavy atom. The van der Waals surface area contributed by atoms with Crippen molar-refractivity contribution in [3.8, 4) is 11.3 Å². The van der Waals surface area contributed by atoms with E-state index in [0.29, 0.717) is 27.8 Å². The van der Waals surface area contributed by atoms with E-state index in [1.165, 1.54) is 24.4 Å². The number of rotatable bonds is 5. The summed E-state index contributed by atoms with van der Waals surface area (Å²) >= 11 is 6.12. The molecule has 0 saturated heterocycles. The highest BCUT2D eigenvalue weighted by molar-refractivity contribution is 6.33. The minimum absolute atomic E-state index is 0.0975. The molecule has 0 radical (unpaired) electrons. The van der Waals surface area contributed by atoms with Crippen LogP contribution < -0.4 is 10.7 Å². The Morgan fingerprint density at radius 3 is 2.59 bits per heavy atom. The van der Waals surface area contributed by atoms with Crippen molar-refractivity contribution < 1.29 is 19.1 Å². The number of carbonyl (C=O) groups is 2. The lowest BCUT2D eigenvalue weighted by molar-refractivity contribution is 0.0697. The van der Waals surface area contributed by atoms with Crippen molar-refractivity contribution in [2.24, 2.45) is 5.10 Å². The third kappa shape index (κ3) is 4.74. The fraction of sp³-hybridized carbons (Fsp3) is 0. The highest BCUT2D eigenvalue weighted by atomic mass is 35.5. The first-order valence-electron chi connectivity index (χ1n) is 7.81. The molecule has 1 heterocycles. The number of carbonyl (C=O) groups excluding carboxylic acids is 1. The van der Waals surface area contributed by atoms with Crippen LogP contribution >= 0.6 is 11.6 Å². The van der Waals surface area contributed by atoms with Gasteiger partial charge in [0, 0.05) is 11.3 Å². The molecule has 0 atom stereocenters. The van der Waals surface area contributed by atoms with Gasteiger partial charge in [-0.3, -0.25) is 0 Å². The molecular weight excluding hydrogens is 370 g/mol. The van der Waals surface area contributed by atoms with Gasteiger partial charge in [0.05, 0.1) is 16.8 Å². The summed E-state index contributed by atoms with van der Waals surface area (Å²) in [6, 6.07) is 16.0. The normalized spacial score (nSPS) is 10.7. The first-order chi connectivity index (χ1) is 13.0. The molecule has 3 rings (SSSR count). The maximum absolute atomic E-state index is 11.7. The minimum atomic E-state index is -1.06. The van der Waals surface area contributed by atoms with Crippen LogP contribution in [0.2, 0.25) is 5.02 Å². The molecule has 0 spiro atoms. The van der Waals surface area contributed by atoms with Gasteiger partial charge in [0.15, 0.2) is 0 Å². The SMILES string of the molecule is O=C(N/N=C\c1ccc(-c2cc(C(=O)O)ccc2Cl)o1)Nc1ccccc1. The monoisotopic (exact) mass is 383 g/mol. The molecule has 27 heavy (non-hydrogen) atoms. The zero-order valence-electron chi connectivity index (χ0n) is 13.8. The Labute approximate surface area is 159 Å². The van der Waals surface area contributed by atoms with Gasteiger partial charge in [0.25, 0.3) is 0 Å². The number of carboxylic acid groups (broad SMARTS) is 1. The number of carboxylic acids is 1. The Hall–Kier alpha value is -3.58. The summed E-state index contributed by atoms with van der Waals surface area (Å²) in [6.45, 7) is 0. The van der Waals surface area contributed by atoms with E-state index in [1.807, 2.05) is 6.07 Å². The van der Waals surface area contributed by atoms with Crippen LogP contribution in [-0.4, -0.2) is 23.3 Å². The largest absolute Gasteiger partial charge is 0.478 e. The lowest BCUT2D eigenvalue weighted by Gasteiger charge is -2.03. The van der Waals surface area contributed by atoms with Gasteiger partial charge in [-0.25, -0.2) is 15.0 Å². The van der Waals surface area contributed by atoms with E-state index in [1.54, 1.807) is 36.4 Å². The zero-order valence-corrected chi connectivity index (χ0v) is 14.6. The van der Waals surface area contributed by atoms with E-state index in [2.05, 4.69) is 15.8 Å². The molecule has 1 aromatic heterocycles. The molecular formula is C19H14ClN3O4. The van der Waals surface area contributed by atoms with Crippen molar-refractivity contribution in [1.29, 1.82) is 0 Å². The van der Waals surface area contributed by atoms with Gasteiger partial charge in [0.1, 0.15) is 11.5 Å². The summed E-state index contributed by atoms with van der Waals surface area (Å²) in [4.78, 5) is 22.8. The Balaban J connectivity index is 1.66. The van der Waals surface area contributed by atoms with Crippen molar-refractivity contribution >= 4 is 35.5 Å². The molecule has 0 fully saturated rings. The Kier molecular flexibility index (Phi) is 5.53. The van der Waals surface area contributed by atoms with Gasteiger partial charge in [-0.05, 0) is 42.5 Å². The highest BCUT2D eigenvalue weighted by Crippen LogP contribution is 2.30. The number of urea groups is 1. The Morgan fingerprint density at radius 1 is 1.07 bits per heavy atom. The summed E-state index contributed by atoms with van der Waals surface area (Å²) in [5.41, 5.74) is 3.50. The second-order valence-electron chi connectivity index (χ2n) is 5.39. The van der Waals surface area contributed by atoms with Gasteiger partial charge >= 0.3 is 12.0 Å². The molecule has 0 unspecified atom stereocenters. The molecule has 0 bridgehead atoms. The average molecular weight is 384 g/mol. The van der Waals surface area contributed by atoms with Crippen LogP contribution in [0.3, 0.4) is 0 Å². The number of nitrogens with zero attached hydrogens (tertiary/aromatic N) is 1. The maximum Gasteiger partial charge on any atom is 0.339 e. The molecule has 8 heteroatoms. The number of hydrazone groups is 1. The number of benzene rings is 2. The number of amides is 2. The molecule has 0 saturated carbocycles. The smallest absolute Gasteiger partial charge is 0.339 e. The minimum Gasteiger partial charge on any atom is -0.478 e. The zero-order chi connectivity index (χ0) is 19.2. The number of anilines is 1. The van der Waals surface area contributed by atoms with Gasteiger partial charge in [-0.1, -0.05) is 29.8 Å². The molecule has 0 aliphatic rings. The van der Waals surface area contributed by atoms with E-state index in [4.69, 9.17) is 21.1 Å². The van der Waals surface area contributed by atoms with Crippen molar-refractivity contribution in [3.05, 3.63) is 77.0 Å². The third-order valence-electron chi connectivity index (χ3n) is 3.50. The summed E-state index contributed by atoms with van der Waals surface area (Å²) in [5.74, 6) is -0.310. The standard InChI is InChI=1S/C19H14ClN3O4/c20-16-8-6-12(18(24)25)10-15(16)17-9-7-14(27-17)11-21-23-19(26)22-13-4-2-1-3-5-13/h1-11H,(H,24,25)(H2,22,23,26)/b21-11-. The Bertz CT molecular complexity index is 999. The van der Waals surface area contributed by atoms with E-state index < -0.39 is 12.0 Å².